The average molecular weight is 316 g/mol. The van der Waals surface area contributed by atoms with Crippen LogP contribution in [0.15, 0.2) is 18.2 Å². The van der Waals surface area contributed by atoms with E-state index >= 15 is 0 Å². The number of methoxy groups -OCH3 is 1. The number of hydrogen-bond acceptors (Lipinski definition) is 4. The Kier molecular flexibility index (Phi) is 6.95. The SMILES string of the molecule is COCCNCc1cccc(Cl)c1OCC(C)(C)C(=O)O. The molecule has 0 bridgehead atoms. The number of carboxylic acid groups (broad SMARTS) is 1. The average Bonchev–Trinajstić information content (AvgIpc) is 2.42. The molecule has 0 fully saturated rings. The van der Waals surface area contributed by atoms with Crippen molar-refractivity contribution in [3.63, 3.8) is 0 Å². The second kappa shape index (κ2) is 8.22. The largest absolute Gasteiger partial charge is 0.491 e. The number of carboxylic acids is 1. The topological polar surface area (TPSA) is 67.8 Å². The van der Waals surface area contributed by atoms with Gasteiger partial charge in [0.05, 0.1) is 17.0 Å². The minimum absolute atomic E-state index is 0.0527. The van der Waals surface area contributed by atoms with Crippen LogP contribution in [0.2, 0.25) is 5.02 Å². The molecule has 0 aliphatic carbocycles. The normalized spacial score (nSPS) is 11.4. The summed E-state index contributed by atoms with van der Waals surface area (Å²) in [5, 5.41) is 12.8. The van der Waals surface area contributed by atoms with E-state index in [4.69, 9.17) is 26.2 Å². The first kappa shape index (κ1) is 17.8. The lowest BCUT2D eigenvalue weighted by Gasteiger charge is -2.21. The van der Waals surface area contributed by atoms with E-state index in [1.54, 1.807) is 27.0 Å². The fourth-order valence-corrected chi connectivity index (χ4v) is 1.81. The Labute approximate surface area is 130 Å². The van der Waals surface area contributed by atoms with Gasteiger partial charge in [-0.1, -0.05) is 23.7 Å². The maximum absolute atomic E-state index is 11.1. The lowest BCUT2D eigenvalue weighted by atomic mass is 9.95. The summed E-state index contributed by atoms with van der Waals surface area (Å²) in [5.41, 5.74) is -0.0836. The van der Waals surface area contributed by atoms with E-state index in [-0.39, 0.29) is 6.61 Å². The highest BCUT2D eigenvalue weighted by Gasteiger charge is 2.28. The molecule has 0 atom stereocenters. The van der Waals surface area contributed by atoms with Gasteiger partial charge in [-0.2, -0.15) is 0 Å². The van der Waals surface area contributed by atoms with Gasteiger partial charge in [0.15, 0.2) is 0 Å². The van der Waals surface area contributed by atoms with Crippen molar-refractivity contribution in [3.8, 4) is 5.75 Å². The molecule has 6 heteroatoms. The molecular formula is C15H22ClNO4. The number of rotatable bonds is 9. The van der Waals surface area contributed by atoms with Crippen LogP contribution in [0.1, 0.15) is 19.4 Å². The highest BCUT2D eigenvalue weighted by atomic mass is 35.5. The molecule has 118 valence electrons. The molecule has 1 aromatic carbocycles. The maximum atomic E-state index is 11.1. The number of carbonyl (C=O) groups is 1. The van der Waals surface area contributed by atoms with Gasteiger partial charge in [0.1, 0.15) is 12.4 Å². The zero-order valence-electron chi connectivity index (χ0n) is 12.6. The van der Waals surface area contributed by atoms with Gasteiger partial charge in [-0.15, -0.1) is 0 Å². The van der Waals surface area contributed by atoms with Gasteiger partial charge in [0.2, 0.25) is 0 Å². The van der Waals surface area contributed by atoms with Crippen LogP contribution in [-0.4, -0.2) is 37.9 Å². The molecule has 0 radical (unpaired) electrons. The van der Waals surface area contributed by atoms with Gasteiger partial charge in [-0.05, 0) is 19.9 Å². The second-order valence-electron chi connectivity index (χ2n) is 5.38. The van der Waals surface area contributed by atoms with Gasteiger partial charge in [0, 0.05) is 25.8 Å². The highest BCUT2D eigenvalue weighted by molar-refractivity contribution is 6.32. The summed E-state index contributed by atoms with van der Waals surface area (Å²) in [6.07, 6.45) is 0. The number of halogens is 1. The molecule has 0 unspecified atom stereocenters. The Hall–Kier alpha value is -1.30. The second-order valence-corrected chi connectivity index (χ2v) is 5.78. The number of benzene rings is 1. The number of para-hydroxylation sites is 1. The van der Waals surface area contributed by atoms with Gasteiger partial charge < -0.3 is 19.9 Å². The van der Waals surface area contributed by atoms with E-state index in [2.05, 4.69) is 5.32 Å². The molecule has 0 saturated carbocycles. The van der Waals surface area contributed by atoms with Crippen LogP contribution in [0.5, 0.6) is 5.75 Å². The quantitative estimate of drug-likeness (QED) is 0.686. The van der Waals surface area contributed by atoms with Crippen molar-refractivity contribution >= 4 is 17.6 Å². The minimum atomic E-state index is -0.972. The number of hydrogen-bond donors (Lipinski definition) is 2. The van der Waals surface area contributed by atoms with E-state index in [1.807, 2.05) is 12.1 Å². The Morgan fingerprint density at radius 1 is 1.43 bits per heavy atom. The first-order valence-corrected chi connectivity index (χ1v) is 7.09. The van der Waals surface area contributed by atoms with Crippen LogP contribution < -0.4 is 10.1 Å². The van der Waals surface area contributed by atoms with Crippen LogP contribution in [0.25, 0.3) is 0 Å². The first-order chi connectivity index (χ1) is 9.88. The van der Waals surface area contributed by atoms with E-state index in [1.165, 1.54) is 0 Å². The molecule has 0 aliphatic rings. The molecule has 0 heterocycles. The van der Waals surface area contributed by atoms with Crippen molar-refractivity contribution in [3.05, 3.63) is 28.8 Å². The Morgan fingerprint density at radius 3 is 2.76 bits per heavy atom. The third kappa shape index (κ3) is 5.53. The lowest BCUT2D eigenvalue weighted by Crippen LogP contribution is -2.31. The van der Waals surface area contributed by atoms with Crippen molar-refractivity contribution in [1.29, 1.82) is 0 Å². The third-order valence-corrected chi connectivity index (χ3v) is 3.30. The van der Waals surface area contributed by atoms with Gasteiger partial charge in [0.25, 0.3) is 0 Å². The summed E-state index contributed by atoms with van der Waals surface area (Å²) in [7, 11) is 1.64. The summed E-state index contributed by atoms with van der Waals surface area (Å²) >= 11 is 6.15. The van der Waals surface area contributed by atoms with E-state index < -0.39 is 11.4 Å². The Morgan fingerprint density at radius 2 is 2.14 bits per heavy atom. The van der Waals surface area contributed by atoms with Crippen LogP contribution in [0, 0.1) is 5.41 Å². The Balaban J connectivity index is 2.73. The number of ether oxygens (including phenoxy) is 2. The molecule has 0 aliphatic heterocycles. The molecule has 1 rings (SSSR count). The van der Waals surface area contributed by atoms with Crippen molar-refractivity contribution in [2.45, 2.75) is 20.4 Å². The zero-order chi connectivity index (χ0) is 15.9. The fourth-order valence-electron chi connectivity index (χ4n) is 1.57. The summed E-state index contributed by atoms with van der Waals surface area (Å²) in [6.45, 7) is 5.18. The molecular weight excluding hydrogens is 294 g/mol. The van der Waals surface area contributed by atoms with Crippen molar-refractivity contribution < 1.29 is 19.4 Å². The lowest BCUT2D eigenvalue weighted by molar-refractivity contribution is -0.148. The molecule has 1 aromatic rings. The summed E-state index contributed by atoms with van der Waals surface area (Å²) in [6, 6.07) is 5.46. The van der Waals surface area contributed by atoms with E-state index in [9.17, 15) is 4.79 Å². The Bertz CT molecular complexity index is 477. The van der Waals surface area contributed by atoms with Crippen molar-refractivity contribution in [2.24, 2.45) is 5.41 Å². The predicted octanol–water partition coefficient (Wildman–Crippen LogP) is 2.57. The van der Waals surface area contributed by atoms with Crippen molar-refractivity contribution in [2.75, 3.05) is 26.9 Å². The van der Waals surface area contributed by atoms with Gasteiger partial charge in [-0.25, -0.2) is 0 Å². The molecule has 0 spiro atoms. The zero-order valence-corrected chi connectivity index (χ0v) is 13.4. The van der Waals surface area contributed by atoms with Gasteiger partial charge in [-0.3, -0.25) is 4.79 Å². The number of aliphatic carboxylic acids is 1. The fraction of sp³-hybridized carbons (Fsp3) is 0.533. The van der Waals surface area contributed by atoms with E-state index in [0.29, 0.717) is 30.5 Å². The minimum Gasteiger partial charge on any atom is -0.491 e. The summed E-state index contributed by atoms with van der Waals surface area (Å²) in [5.74, 6) is -0.382. The van der Waals surface area contributed by atoms with Crippen LogP contribution in [0.3, 0.4) is 0 Å². The van der Waals surface area contributed by atoms with Crippen molar-refractivity contribution in [1.82, 2.24) is 5.32 Å². The predicted molar refractivity (Wildman–Crippen MR) is 81.9 cm³/mol. The molecule has 5 nitrogen and oxygen atoms in total. The smallest absolute Gasteiger partial charge is 0.312 e. The molecule has 2 N–H and O–H groups in total. The molecule has 0 aromatic heterocycles. The summed E-state index contributed by atoms with van der Waals surface area (Å²) < 4.78 is 10.6. The highest BCUT2D eigenvalue weighted by Crippen LogP contribution is 2.30. The van der Waals surface area contributed by atoms with Crippen LogP contribution in [0.4, 0.5) is 0 Å². The van der Waals surface area contributed by atoms with Crippen LogP contribution >= 0.6 is 11.6 Å². The van der Waals surface area contributed by atoms with Gasteiger partial charge >= 0.3 is 5.97 Å². The monoisotopic (exact) mass is 315 g/mol. The molecule has 0 saturated heterocycles. The summed E-state index contributed by atoms with van der Waals surface area (Å²) in [4.78, 5) is 11.1. The first-order valence-electron chi connectivity index (χ1n) is 6.71. The van der Waals surface area contributed by atoms with E-state index in [0.717, 1.165) is 5.56 Å². The van der Waals surface area contributed by atoms with Crippen LogP contribution in [-0.2, 0) is 16.1 Å². The maximum Gasteiger partial charge on any atom is 0.312 e. The standard InChI is InChI=1S/C15H22ClNO4/c1-15(2,14(18)19)10-21-13-11(5-4-6-12(13)16)9-17-7-8-20-3/h4-6,17H,7-10H2,1-3H3,(H,18,19). The number of nitrogens with one attached hydrogen (secondary N) is 1. The molecule has 21 heavy (non-hydrogen) atoms. The third-order valence-electron chi connectivity index (χ3n) is 3.00. The molecule has 0 amide bonds.